The number of rotatable bonds is 3. The number of ether oxygens (including phenoxy) is 1. The molecule has 0 bridgehead atoms. The normalized spacial score (nSPS) is 15.9. The number of alkyl halides is 3. The molecule has 1 fully saturated rings. The Morgan fingerprint density at radius 3 is 2.55 bits per heavy atom. The predicted molar refractivity (Wildman–Crippen MR) is 105 cm³/mol. The highest BCUT2D eigenvalue weighted by Gasteiger charge is 2.33. The van der Waals surface area contributed by atoms with Crippen molar-refractivity contribution in [1.29, 1.82) is 0 Å². The van der Waals surface area contributed by atoms with Crippen LogP contribution < -0.4 is 11.2 Å². The second-order valence-corrected chi connectivity index (χ2v) is 7.38. The summed E-state index contributed by atoms with van der Waals surface area (Å²) in [5.41, 5.74) is -1.80. The molecule has 31 heavy (non-hydrogen) atoms. The molecule has 0 radical (unpaired) electrons. The van der Waals surface area contributed by atoms with Gasteiger partial charge in [-0.05, 0) is 23.3 Å². The van der Waals surface area contributed by atoms with Gasteiger partial charge >= 0.3 is 11.9 Å². The Labute approximate surface area is 174 Å². The lowest BCUT2D eigenvalue weighted by atomic mass is 9.95. The van der Waals surface area contributed by atoms with Gasteiger partial charge in [0.2, 0.25) is 5.91 Å². The molecule has 0 aliphatic carbocycles. The Morgan fingerprint density at radius 1 is 1.16 bits per heavy atom. The number of fused-ring (bicyclic) bond motifs is 1. The quantitative estimate of drug-likeness (QED) is 0.719. The standard InChI is InChI=1S/C20H19F3N4O4/c1-25-10-16(14-7-13(20(21,22)23)6-12-8-24-9-15(12)14)18(29)27(19(25)30)11-17(28)26-2-4-31-5-3-26/h6-7,9-10H,2-5,8,11H2,1H3. The number of carbonyl (C=O) groups is 1. The molecule has 2 aromatic rings. The first-order chi connectivity index (χ1) is 14.7. The highest BCUT2D eigenvalue weighted by atomic mass is 19.4. The number of nitrogens with zero attached hydrogens (tertiary/aromatic N) is 4. The fourth-order valence-corrected chi connectivity index (χ4v) is 3.72. The SMILES string of the molecule is Cn1cc(-c2cc(C(F)(F)F)cc3c2C=NC3)c(=O)n(CC(=O)N2CCOCC2)c1=O. The van der Waals surface area contributed by atoms with E-state index in [-0.39, 0.29) is 17.7 Å². The van der Waals surface area contributed by atoms with E-state index in [2.05, 4.69) is 4.99 Å². The van der Waals surface area contributed by atoms with Gasteiger partial charge in [-0.25, -0.2) is 4.79 Å². The van der Waals surface area contributed by atoms with Crippen molar-refractivity contribution in [2.45, 2.75) is 19.3 Å². The zero-order valence-corrected chi connectivity index (χ0v) is 16.6. The van der Waals surface area contributed by atoms with Crippen molar-refractivity contribution in [3.63, 3.8) is 0 Å². The molecule has 2 aliphatic rings. The van der Waals surface area contributed by atoms with Crippen LogP contribution in [0.4, 0.5) is 13.2 Å². The largest absolute Gasteiger partial charge is 0.416 e. The molecule has 164 valence electrons. The number of aliphatic imine (C=N–C) groups is 1. The number of amides is 1. The van der Waals surface area contributed by atoms with E-state index in [0.29, 0.717) is 37.4 Å². The Kier molecular flexibility index (Phi) is 5.29. The van der Waals surface area contributed by atoms with Crippen molar-refractivity contribution < 1.29 is 22.7 Å². The zero-order valence-electron chi connectivity index (χ0n) is 16.6. The summed E-state index contributed by atoms with van der Waals surface area (Å²) in [6.45, 7) is 0.954. The zero-order chi connectivity index (χ0) is 22.3. The molecule has 0 N–H and O–H groups in total. The first kappa shape index (κ1) is 21.0. The number of aromatic nitrogens is 2. The average Bonchev–Trinajstić information content (AvgIpc) is 3.22. The van der Waals surface area contributed by atoms with Crippen LogP contribution in [0.2, 0.25) is 0 Å². The Bertz CT molecular complexity index is 1190. The number of morpholine rings is 1. The average molecular weight is 436 g/mol. The fourth-order valence-electron chi connectivity index (χ4n) is 3.72. The van der Waals surface area contributed by atoms with Crippen molar-refractivity contribution in [3.05, 3.63) is 55.9 Å². The molecule has 0 atom stereocenters. The molecular formula is C20H19F3N4O4. The van der Waals surface area contributed by atoms with Gasteiger partial charge in [0.1, 0.15) is 6.54 Å². The Morgan fingerprint density at radius 2 is 1.87 bits per heavy atom. The highest BCUT2D eigenvalue weighted by molar-refractivity contribution is 5.94. The van der Waals surface area contributed by atoms with E-state index in [4.69, 9.17) is 4.74 Å². The molecule has 3 heterocycles. The van der Waals surface area contributed by atoms with Crippen LogP contribution in [-0.4, -0.2) is 52.5 Å². The van der Waals surface area contributed by atoms with Crippen molar-refractivity contribution in [3.8, 4) is 11.1 Å². The lowest BCUT2D eigenvalue weighted by Crippen LogP contribution is -2.47. The maximum atomic E-state index is 13.4. The number of hydrogen-bond acceptors (Lipinski definition) is 5. The predicted octanol–water partition coefficient (Wildman–Crippen LogP) is 1.02. The summed E-state index contributed by atoms with van der Waals surface area (Å²) in [6, 6.07) is 1.89. The summed E-state index contributed by atoms with van der Waals surface area (Å²) < 4.78 is 47.3. The minimum atomic E-state index is -4.61. The van der Waals surface area contributed by atoms with Gasteiger partial charge in [0.15, 0.2) is 0 Å². The molecular weight excluding hydrogens is 417 g/mol. The summed E-state index contributed by atoms with van der Waals surface area (Å²) in [5, 5.41) is 0. The molecule has 2 aliphatic heterocycles. The first-order valence-corrected chi connectivity index (χ1v) is 9.57. The molecule has 8 nitrogen and oxygen atoms in total. The minimum Gasteiger partial charge on any atom is -0.378 e. The van der Waals surface area contributed by atoms with Gasteiger partial charge in [-0.1, -0.05) is 0 Å². The summed E-state index contributed by atoms with van der Waals surface area (Å²) in [4.78, 5) is 43.8. The number of benzene rings is 1. The van der Waals surface area contributed by atoms with Crippen LogP contribution in [0.25, 0.3) is 11.1 Å². The Hall–Kier alpha value is -3.21. The smallest absolute Gasteiger partial charge is 0.378 e. The number of halogens is 3. The number of carbonyl (C=O) groups excluding carboxylic acids is 1. The van der Waals surface area contributed by atoms with Gasteiger partial charge in [0.05, 0.1) is 30.9 Å². The van der Waals surface area contributed by atoms with Crippen LogP contribution in [0.3, 0.4) is 0 Å². The van der Waals surface area contributed by atoms with Crippen molar-refractivity contribution in [2.75, 3.05) is 26.3 Å². The fraction of sp³-hybridized carbons (Fsp3) is 0.400. The van der Waals surface area contributed by atoms with Gasteiger partial charge in [0.25, 0.3) is 5.56 Å². The number of aryl methyl sites for hydroxylation is 1. The maximum absolute atomic E-state index is 13.4. The van der Waals surface area contributed by atoms with Crippen LogP contribution in [-0.2, 0) is 35.8 Å². The van der Waals surface area contributed by atoms with E-state index < -0.39 is 35.4 Å². The summed E-state index contributed by atoms with van der Waals surface area (Å²) in [5.74, 6) is -0.435. The first-order valence-electron chi connectivity index (χ1n) is 9.57. The maximum Gasteiger partial charge on any atom is 0.416 e. The Balaban J connectivity index is 1.83. The molecule has 11 heteroatoms. The van der Waals surface area contributed by atoms with Crippen molar-refractivity contribution >= 4 is 12.1 Å². The second kappa shape index (κ2) is 7.80. The van der Waals surface area contributed by atoms with E-state index >= 15 is 0 Å². The van der Waals surface area contributed by atoms with Crippen LogP contribution in [0.5, 0.6) is 0 Å². The van der Waals surface area contributed by atoms with E-state index in [1.54, 1.807) is 0 Å². The van der Waals surface area contributed by atoms with Gasteiger partial charge in [-0.3, -0.25) is 19.1 Å². The third kappa shape index (κ3) is 3.92. The van der Waals surface area contributed by atoms with Crippen LogP contribution in [0.1, 0.15) is 16.7 Å². The van der Waals surface area contributed by atoms with Gasteiger partial charge < -0.3 is 14.2 Å². The minimum absolute atomic E-state index is 0.0271. The molecule has 1 amide bonds. The highest BCUT2D eigenvalue weighted by Crippen LogP contribution is 2.36. The number of hydrogen-bond donors (Lipinski definition) is 0. The van der Waals surface area contributed by atoms with Gasteiger partial charge in [0, 0.05) is 38.1 Å². The molecule has 1 saturated heterocycles. The van der Waals surface area contributed by atoms with Crippen LogP contribution in [0, 0.1) is 0 Å². The molecule has 0 unspecified atom stereocenters. The van der Waals surface area contributed by atoms with E-state index in [0.717, 1.165) is 21.3 Å². The summed E-state index contributed by atoms with van der Waals surface area (Å²) in [6.07, 6.45) is -2.00. The third-order valence-corrected chi connectivity index (χ3v) is 5.35. The van der Waals surface area contributed by atoms with Crippen LogP contribution in [0.15, 0.2) is 32.9 Å². The van der Waals surface area contributed by atoms with Crippen molar-refractivity contribution in [1.82, 2.24) is 14.0 Å². The molecule has 1 aromatic heterocycles. The monoisotopic (exact) mass is 436 g/mol. The lowest BCUT2D eigenvalue weighted by molar-refractivity contribution is -0.137. The molecule has 1 aromatic carbocycles. The summed E-state index contributed by atoms with van der Waals surface area (Å²) in [7, 11) is 1.38. The van der Waals surface area contributed by atoms with E-state index in [1.807, 2.05) is 0 Å². The third-order valence-electron chi connectivity index (χ3n) is 5.35. The molecule has 0 saturated carbocycles. The summed E-state index contributed by atoms with van der Waals surface area (Å²) >= 11 is 0. The lowest BCUT2D eigenvalue weighted by Gasteiger charge is -2.27. The molecule has 0 spiro atoms. The topological polar surface area (TPSA) is 85.9 Å². The van der Waals surface area contributed by atoms with Gasteiger partial charge in [-0.2, -0.15) is 13.2 Å². The molecule has 4 rings (SSSR count). The van der Waals surface area contributed by atoms with Crippen molar-refractivity contribution in [2.24, 2.45) is 12.0 Å². The van der Waals surface area contributed by atoms with E-state index in [1.165, 1.54) is 24.4 Å². The van der Waals surface area contributed by atoms with Crippen LogP contribution >= 0.6 is 0 Å². The second-order valence-electron chi connectivity index (χ2n) is 7.38. The van der Waals surface area contributed by atoms with E-state index in [9.17, 15) is 27.6 Å². The van der Waals surface area contributed by atoms with Gasteiger partial charge in [-0.15, -0.1) is 0 Å².